The molecule has 15 heavy (non-hydrogen) atoms. The van der Waals surface area contributed by atoms with E-state index in [0.717, 1.165) is 0 Å². The van der Waals surface area contributed by atoms with Crippen LogP contribution in [0.4, 0.5) is 0 Å². The predicted octanol–water partition coefficient (Wildman–Crippen LogP) is 1.95. The van der Waals surface area contributed by atoms with Crippen molar-refractivity contribution in [1.82, 2.24) is 0 Å². The van der Waals surface area contributed by atoms with Crippen molar-refractivity contribution in [3.63, 3.8) is 0 Å². The Labute approximate surface area is 95.8 Å². The van der Waals surface area contributed by atoms with Gasteiger partial charge in [-0.3, -0.25) is 4.79 Å². The molecule has 1 rings (SSSR count). The summed E-state index contributed by atoms with van der Waals surface area (Å²) in [4.78, 5) is 11.6. The normalized spacial score (nSPS) is 31.7. The molecule has 0 heterocycles. The number of hydrogen-bond acceptors (Lipinski definition) is 3. The van der Waals surface area contributed by atoms with E-state index in [4.69, 9.17) is 16.3 Å². The molecule has 0 aromatic carbocycles. The molecule has 0 spiro atoms. The molecule has 0 aromatic heterocycles. The first kappa shape index (κ1) is 12.8. The number of aliphatic hydroxyl groups excluding tert-OH is 1. The Bertz CT molecular complexity index is 218. The van der Waals surface area contributed by atoms with E-state index in [1.165, 1.54) is 0 Å². The fraction of sp³-hybridized carbons (Fsp3) is 0.909. The monoisotopic (exact) mass is 234 g/mol. The third kappa shape index (κ3) is 3.99. The van der Waals surface area contributed by atoms with Gasteiger partial charge in [0.1, 0.15) is 0 Å². The predicted molar refractivity (Wildman–Crippen MR) is 58.8 cm³/mol. The van der Waals surface area contributed by atoms with Crippen LogP contribution in [0.25, 0.3) is 0 Å². The van der Waals surface area contributed by atoms with Gasteiger partial charge in [-0.1, -0.05) is 13.8 Å². The first-order chi connectivity index (χ1) is 7.00. The summed E-state index contributed by atoms with van der Waals surface area (Å²) in [6.07, 6.45) is 1.40. The van der Waals surface area contributed by atoms with E-state index in [0.29, 0.717) is 31.8 Å². The van der Waals surface area contributed by atoms with Crippen molar-refractivity contribution in [2.75, 3.05) is 6.61 Å². The molecule has 0 aromatic rings. The molecule has 1 aliphatic rings. The Morgan fingerprint density at radius 3 is 2.80 bits per heavy atom. The SMILES string of the molecule is CC(C)COC(=O)C1CC(O)CCC1Cl. The van der Waals surface area contributed by atoms with E-state index >= 15 is 0 Å². The van der Waals surface area contributed by atoms with Crippen molar-refractivity contribution in [2.24, 2.45) is 11.8 Å². The number of carbonyl (C=O) groups is 1. The lowest BCUT2D eigenvalue weighted by atomic mass is 9.87. The van der Waals surface area contributed by atoms with E-state index in [1.54, 1.807) is 0 Å². The molecule has 3 nitrogen and oxygen atoms in total. The van der Waals surface area contributed by atoms with Crippen LogP contribution in [0.15, 0.2) is 0 Å². The number of ether oxygens (including phenoxy) is 1. The van der Waals surface area contributed by atoms with Gasteiger partial charge in [0, 0.05) is 5.38 Å². The second kappa shape index (κ2) is 5.71. The van der Waals surface area contributed by atoms with Gasteiger partial charge in [-0.15, -0.1) is 11.6 Å². The van der Waals surface area contributed by atoms with E-state index in [-0.39, 0.29) is 17.3 Å². The molecule has 0 bridgehead atoms. The van der Waals surface area contributed by atoms with Crippen molar-refractivity contribution in [3.8, 4) is 0 Å². The Morgan fingerprint density at radius 2 is 2.20 bits per heavy atom. The number of rotatable bonds is 3. The summed E-state index contributed by atoms with van der Waals surface area (Å²) in [5, 5.41) is 9.27. The summed E-state index contributed by atoms with van der Waals surface area (Å²) >= 11 is 6.05. The van der Waals surface area contributed by atoms with Crippen LogP contribution in [0.2, 0.25) is 0 Å². The number of hydrogen-bond donors (Lipinski definition) is 1. The summed E-state index contributed by atoms with van der Waals surface area (Å²) < 4.78 is 5.13. The average Bonchev–Trinajstić information content (AvgIpc) is 2.18. The second-order valence-corrected chi connectivity index (χ2v) is 5.17. The Morgan fingerprint density at radius 1 is 1.53 bits per heavy atom. The molecule has 88 valence electrons. The van der Waals surface area contributed by atoms with Gasteiger partial charge in [-0.25, -0.2) is 0 Å². The van der Waals surface area contributed by atoms with Gasteiger partial charge >= 0.3 is 5.97 Å². The zero-order valence-corrected chi connectivity index (χ0v) is 10.0. The first-order valence-electron chi connectivity index (χ1n) is 5.49. The summed E-state index contributed by atoms with van der Waals surface area (Å²) in [6, 6.07) is 0. The maximum atomic E-state index is 11.6. The smallest absolute Gasteiger partial charge is 0.310 e. The quantitative estimate of drug-likeness (QED) is 0.600. The van der Waals surface area contributed by atoms with Gasteiger partial charge in [0.05, 0.1) is 18.6 Å². The lowest BCUT2D eigenvalue weighted by Gasteiger charge is -2.28. The van der Waals surface area contributed by atoms with Crippen molar-refractivity contribution in [2.45, 2.75) is 44.6 Å². The zero-order valence-electron chi connectivity index (χ0n) is 9.28. The van der Waals surface area contributed by atoms with E-state index in [2.05, 4.69) is 0 Å². The number of halogens is 1. The molecule has 1 N–H and O–H groups in total. The van der Waals surface area contributed by atoms with Gasteiger partial charge in [0.15, 0.2) is 0 Å². The highest BCUT2D eigenvalue weighted by atomic mass is 35.5. The molecular formula is C11H19ClO3. The van der Waals surface area contributed by atoms with Crippen molar-refractivity contribution in [1.29, 1.82) is 0 Å². The van der Waals surface area contributed by atoms with Crippen molar-refractivity contribution < 1.29 is 14.6 Å². The molecule has 0 aliphatic heterocycles. The van der Waals surface area contributed by atoms with Gasteiger partial charge in [-0.05, 0) is 25.2 Å². The maximum absolute atomic E-state index is 11.6. The van der Waals surface area contributed by atoms with Gasteiger partial charge in [-0.2, -0.15) is 0 Å². The summed E-state index contributed by atoms with van der Waals surface area (Å²) in [5.74, 6) is -0.271. The van der Waals surface area contributed by atoms with E-state index in [1.807, 2.05) is 13.8 Å². The molecule has 0 saturated heterocycles. The molecule has 1 fully saturated rings. The standard InChI is InChI=1S/C11H19ClO3/c1-7(2)6-15-11(14)9-5-8(13)3-4-10(9)12/h7-10,13H,3-6H2,1-2H3. The first-order valence-corrected chi connectivity index (χ1v) is 5.93. The van der Waals surface area contributed by atoms with Crippen LogP contribution >= 0.6 is 11.6 Å². The highest BCUT2D eigenvalue weighted by Gasteiger charge is 2.34. The molecule has 0 amide bonds. The lowest BCUT2D eigenvalue weighted by molar-refractivity contribution is -0.151. The Balaban J connectivity index is 2.42. The van der Waals surface area contributed by atoms with Crippen LogP contribution in [0.5, 0.6) is 0 Å². The van der Waals surface area contributed by atoms with Crippen LogP contribution in [-0.4, -0.2) is 29.2 Å². The minimum absolute atomic E-state index is 0.187. The molecule has 1 aliphatic carbocycles. The van der Waals surface area contributed by atoms with Gasteiger partial charge in [0.2, 0.25) is 0 Å². The fourth-order valence-corrected chi connectivity index (χ4v) is 2.04. The summed E-state index contributed by atoms with van der Waals surface area (Å²) in [5.41, 5.74) is 0. The van der Waals surface area contributed by atoms with Crippen LogP contribution in [0, 0.1) is 11.8 Å². The van der Waals surface area contributed by atoms with Crippen LogP contribution < -0.4 is 0 Å². The van der Waals surface area contributed by atoms with Crippen molar-refractivity contribution in [3.05, 3.63) is 0 Å². The van der Waals surface area contributed by atoms with Crippen LogP contribution in [-0.2, 0) is 9.53 Å². The summed E-state index contributed by atoms with van der Waals surface area (Å²) in [7, 11) is 0. The van der Waals surface area contributed by atoms with Gasteiger partial charge < -0.3 is 9.84 Å². The maximum Gasteiger partial charge on any atom is 0.310 e. The highest BCUT2D eigenvalue weighted by molar-refractivity contribution is 6.22. The third-order valence-corrected chi connectivity index (χ3v) is 3.12. The van der Waals surface area contributed by atoms with Crippen LogP contribution in [0.1, 0.15) is 33.1 Å². The molecule has 0 radical (unpaired) electrons. The molecule has 4 heteroatoms. The Hall–Kier alpha value is -0.280. The molecule has 3 atom stereocenters. The minimum atomic E-state index is -0.406. The van der Waals surface area contributed by atoms with Crippen molar-refractivity contribution >= 4 is 17.6 Å². The number of aliphatic hydroxyl groups is 1. The van der Waals surface area contributed by atoms with Crippen LogP contribution in [0.3, 0.4) is 0 Å². The molecular weight excluding hydrogens is 216 g/mol. The molecule has 1 saturated carbocycles. The largest absolute Gasteiger partial charge is 0.465 e. The average molecular weight is 235 g/mol. The Kier molecular flexibility index (Phi) is 4.87. The highest BCUT2D eigenvalue weighted by Crippen LogP contribution is 2.29. The number of alkyl halides is 1. The number of carbonyl (C=O) groups excluding carboxylic acids is 1. The zero-order chi connectivity index (χ0) is 11.4. The van der Waals surface area contributed by atoms with Gasteiger partial charge in [0.25, 0.3) is 0 Å². The van der Waals surface area contributed by atoms with E-state index in [9.17, 15) is 9.90 Å². The molecule has 3 unspecified atom stereocenters. The minimum Gasteiger partial charge on any atom is -0.465 e. The topological polar surface area (TPSA) is 46.5 Å². The number of esters is 1. The lowest BCUT2D eigenvalue weighted by Crippen LogP contribution is -2.35. The fourth-order valence-electron chi connectivity index (χ4n) is 1.71. The van der Waals surface area contributed by atoms with E-state index < -0.39 is 6.10 Å². The summed E-state index contributed by atoms with van der Waals surface area (Å²) in [6.45, 7) is 4.40. The third-order valence-electron chi connectivity index (χ3n) is 2.60. The second-order valence-electron chi connectivity index (χ2n) is 4.61.